The lowest BCUT2D eigenvalue weighted by Crippen LogP contribution is -2.38. The largest absolute Gasteiger partial charge is 0.296 e. The van der Waals surface area contributed by atoms with Crippen LogP contribution in [0.5, 0.6) is 0 Å². The third-order valence-electron chi connectivity index (χ3n) is 4.55. The second-order valence-corrected chi connectivity index (χ2v) is 10.5. The Kier molecular flexibility index (Phi) is 7.64. The fraction of sp³-hybridized carbons (Fsp3) is 0.368. The first-order valence-electron chi connectivity index (χ1n) is 8.88. The summed E-state index contributed by atoms with van der Waals surface area (Å²) in [6, 6.07) is 12.3. The molecule has 2 aromatic rings. The van der Waals surface area contributed by atoms with Crippen molar-refractivity contribution in [3.05, 3.63) is 59.1 Å². The highest BCUT2D eigenvalue weighted by Crippen LogP contribution is 2.27. The van der Waals surface area contributed by atoms with Gasteiger partial charge in [-0.1, -0.05) is 43.6 Å². The highest BCUT2D eigenvalue weighted by atomic mass is 35.5. The third kappa shape index (κ3) is 5.55. The number of likely N-dealkylation sites (N-methyl/N-ethyl adjacent to an activating group) is 1. The minimum absolute atomic E-state index is 0.0114. The molecule has 0 aromatic heterocycles. The zero-order valence-corrected chi connectivity index (χ0v) is 18.5. The van der Waals surface area contributed by atoms with E-state index in [9.17, 15) is 16.8 Å². The van der Waals surface area contributed by atoms with E-state index in [1.165, 1.54) is 24.3 Å². The summed E-state index contributed by atoms with van der Waals surface area (Å²) in [6.07, 6.45) is 1.08. The normalized spacial score (nSPS) is 13.6. The van der Waals surface area contributed by atoms with Gasteiger partial charge in [0, 0.05) is 23.9 Å². The average molecular weight is 445 g/mol. The van der Waals surface area contributed by atoms with E-state index in [1.807, 2.05) is 32.0 Å². The molecule has 0 saturated heterocycles. The summed E-state index contributed by atoms with van der Waals surface area (Å²) in [5.74, 6) is 0. The fourth-order valence-electron chi connectivity index (χ4n) is 2.98. The lowest BCUT2D eigenvalue weighted by atomic mass is 10.1. The predicted octanol–water partition coefficient (Wildman–Crippen LogP) is 3.10. The average Bonchev–Trinajstić information content (AvgIpc) is 2.65. The molecule has 6 nitrogen and oxygen atoms in total. The molecule has 0 heterocycles. The third-order valence-corrected chi connectivity index (χ3v) is 7.46. The Balaban J connectivity index is 2.27. The molecule has 2 aromatic carbocycles. The molecule has 1 unspecified atom stereocenters. The van der Waals surface area contributed by atoms with Crippen LogP contribution in [0.15, 0.2) is 58.3 Å². The molecule has 0 radical (unpaired) electrons. The lowest BCUT2D eigenvalue weighted by Gasteiger charge is -2.30. The molecule has 9 heteroatoms. The highest BCUT2D eigenvalue weighted by molar-refractivity contribution is 7.90. The summed E-state index contributed by atoms with van der Waals surface area (Å²) < 4.78 is 51.1. The van der Waals surface area contributed by atoms with Crippen molar-refractivity contribution in [1.29, 1.82) is 0 Å². The van der Waals surface area contributed by atoms with Crippen molar-refractivity contribution >= 4 is 31.5 Å². The lowest BCUT2D eigenvalue weighted by molar-refractivity contribution is 0.220. The molecule has 0 saturated carbocycles. The van der Waals surface area contributed by atoms with E-state index in [2.05, 4.69) is 9.62 Å². The number of rotatable bonds is 9. The molecule has 0 fully saturated rings. The maximum absolute atomic E-state index is 12.7. The Morgan fingerprint density at radius 2 is 1.46 bits per heavy atom. The van der Waals surface area contributed by atoms with E-state index in [4.69, 9.17) is 11.6 Å². The van der Waals surface area contributed by atoms with Crippen molar-refractivity contribution in [2.75, 3.05) is 25.9 Å². The second kappa shape index (κ2) is 9.37. The number of sulfonamides is 1. The number of sulfone groups is 1. The molecule has 0 amide bonds. The van der Waals surface area contributed by atoms with Crippen LogP contribution in [0.4, 0.5) is 0 Å². The van der Waals surface area contributed by atoms with E-state index in [0.29, 0.717) is 5.02 Å². The zero-order chi connectivity index (χ0) is 20.9. The first-order chi connectivity index (χ1) is 13.1. The first-order valence-corrected chi connectivity index (χ1v) is 12.6. The van der Waals surface area contributed by atoms with Gasteiger partial charge in [-0.25, -0.2) is 21.6 Å². The second-order valence-electron chi connectivity index (χ2n) is 6.35. The van der Waals surface area contributed by atoms with Gasteiger partial charge in [0.15, 0.2) is 9.84 Å². The Morgan fingerprint density at radius 3 is 1.96 bits per heavy atom. The Hall–Kier alpha value is -1.45. The SMILES string of the molecule is CCN(CC)C(CNS(=O)(=O)c1ccc(S(C)(=O)=O)cc1)c1ccccc1Cl. The number of benzene rings is 2. The molecular formula is C19H25ClN2O4S2. The van der Waals surface area contributed by atoms with Gasteiger partial charge in [-0.2, -0.15) is 0 Å². The molecule has 0 bridgehead atoms. The van der Waals surface area contributed by atoms with E-state index in [0.717, 1.165) is 24.9 Å². The molecular weight excluding hydrogens is 420 g/mol. The molecule has 0 aliphatic carbocycles. The summed E-state index contributed by atoms with van der Waals surface area (Å²) in [6.45, 7) is 5.62. The van der Waals surface area contributed by atoms with Crippen LogP contribution in [-0.4, -0.2) is 47.6 Å². The maximum Gasteiger partial charge on any atom is 0.240 e. The van der Waals surface area contributed by atoms with E-state index >= 15 is 0 Å². The Labute approximate surface area is 172 Å². The summed E-state index contributed by atoms with van der Waals surface area (Å²) >= 11 is 6.34. The molecule has 1 atom stereocenters. The predicted molar refractivity (Wildman–Crippen MR) is 112 cm³/mol. The smallest absolute Gasteiger partial charge is 0.240 e. The minimum Gasteiger partial charge on any atom is -0.296 e. The van der Waals surface area contributed by atoms with Crippen LogP contribution in [0.1, 0.15) is 25.5 Å². The van der Waals surface area contributed by atoms with Crippen LogP contribution in [0.3, 0.4) is 0 Å². The number of halogens is 1. The van der Waals surface area contributed by atoms with Gasteiger partial charge in [0.25, 0.3) is 0 Å². The molecule has 0 aliphatic rings. The highest BCUT2D eigenvalue weighted by Gasteiger charge is 2.23. The van der Waals surface area contributed by atoms with Crippen molar-refractivity contribution in [2.45, 2.75) is 29.7 Å². The van der Waals surface area contributed by atoms with Crippen LogP contribution in [0.2, 0.25) is 5.02 Å². The van der Waals surface area contributed by atoms with Gasteiger partial charge in [0.2, 0.25) is 10.0 Å². The number of hydrogen-bond acceptors (Lipinski definition) is 5. The van der Waals surface area contributed by atoms with Crippen molar-refractivity contribution in [3.8, 4) is 0 Å². The van der Waals surface area contributed by atoms with Crippen LogP contribution < -0.4 is 4.72 Å². The summed E-state index contributed by atoms with van der Waals surface area (Å²) in [5.41, 5.74) is 0.850. The zero-order valence-electron chi connectivity index (χ0n) is 16.1. The van der Waals surface area contributed by atoms with E-state index in [1.54, 1.807) is 6.07 Å². The van der Waals surface area contributed by atoms with Gasteiger partial charge in [0.05, 0.1) is 9.79 Å². The van der Waals surface area contributed by atoms with Gasteiger partial charge in [-0.15, -0.1) is 0 Å². The van der Waals surface area contributed by atoms with Crippen LogP contribution in [-0.2, 0) is 19.9 Å². The van der Waals surface area contributed by atoms with Crippen molar-refractivity contribution in [1.82, 2.24) is 9.62 Å². The monoisotopic (exact) mass is 444 g/mol. The van der Waals surface area contributed by atoms with E-state index < -0.39 is 19.9 Å². The molecule has 154 valence electrons. The molecule has 28 heavy (non-hydrogen) atoms. The van der Waals surface area contributed by atoms with Gasteiger partial charge in [-0.3, -0.25) is 4.90 Å². The van der Waals surface area contributed by atoms with Gasteiger partial charge < -0.3 is 0 Å². The van der Waals surface area contributed by atoms with Crippen molar-refractivity contribution in [3.63, 3.8) is 0 Å². The number of nitrogens with zero attached hydrogens (tertiary/aromatic N) is 1. The molecule has 0 spiro atoms. The van der Waals surface area contributed by atoms with E-state index in [-0.39, 0.29) is 22.4 Å². The Bertz CT molecular complexity index is 1000. The van der Waals surface area contributed by atoms with Gasteiger partial charge in [0.1, 0.15) is 0 Å². The quantitative estimate of drug-likeness (QED) is 0.642. The molecule has 0 aliphatic heterocycles. The molecule has 2 rings (SSSR count). The minimum atomic E-state index is -3.80. The summed E-state index contributed by atoms with van der Waals surface area (Å²) in [4.78, 5) is 2.21. The molecule has 1 N–H and O–H groups in total. The van der Waals surface area contributed by atoms with Crippen LogP contribution in [0, 0.1) is 0 Å². The van der Waals surface area contributed by atoms with Crippen LogP contribution >= 0.6 is 11.6 Å². The Morgan fingerprint density at radius 1 is 0.929 bits per heavy atom. The standard InChI is InChI=1S/C19H25ClN2O4S2/c1-4-22(5-2)19(17-8-6-7-9-18(17)20)14-21-28(25,26)16-12-10-15(11-13-16)27(3,23)24/h6-13,19,21H,4-5,14H2,1-3H3. The van der Waals surface area contributed by atoms with Crippen molar-refractivity contribution in [2.24, 2.45) is 0 Å². The van der Waals surface area contributed by atoms with Gasteiger partial charge in [-0.05, 0) is 49.0 Å². The van der Waals surface area contributed by atoms with Crippen molar-refractivity contribution < 1.29 is 16.8 Å². The number of hydrogen-bond donors (Lipinski definition) is 1. The first kappa shape index (κ1) is 22.8. The fourth-order valence-corrected chi connectivity index (χ4v) is 4.91. The summed E-state index contributed by atoms with van der Waals surface area (Å²) in [5, 5.41) is 0.580. The topological polar surface area (TPSA) is 83.6 Å². The maximum atomic E-state index is 12.7. The summed E-state index contributed by atoms with van der Waals surface area (Å²) in [7, 11) is -7.19. The number of nitrogens with one attached hydrogen (secondary N) is 1. The van der Waals surface area contributed by atoms with Crippen LogP contribution in [0.25, 0.3) is 0 Å². The van der Waals surface area contributed by atoms with Gasteiger partial charge >= 0.3 is 0 Å².